The first-order valence-electron chi connectivity index (χ1n) is 3.68. The van der Waals surface area contributed by atoms with E-state index in [2.05, 4.69) is 15.3 Å². The summed E-state index contributed by atoms with van der Waals surface area (Å²) in [6.07, 6.45) is 2.80. The van der Waals surface area contributed by atoms with Crippen molar-refractivity contribution in [3.8, 4) is 0 Å². The van der Waals surface area contributed by atoms with Gasteiger partial charge >= 0.3 is 0 Å². The molecule has 0 aromatic carbocycles. The molecule has 1 rings (SSSR count). The number of rotatable bonds is 3. The van der Waals surface area contributed by atoms with Gasteiger partial charge in [-0.1, -0.05) is 0 Å². The summed E-state index contributed by atoms with van der Waals surface area (Å²) in [7, 11) is 0. The summed E-state index contributed by atoms with van der Waals surface area (Å²) < 4.78 is 0. The van der Waals surface area contributed by atoms with Gasteiger partial charge in [-0.3, -0.25) is 5.41 Å². The summed E-state index contributed by atoms with van der Waals surface area (Å²) in [6.45, 7) is 2.75. The van der Waals surface area contributed by atoms with E-state index in [0.29, 0.717) is 17.2 Å². The fourth-order valence-corrected chi connectivity index (χ4v) is 0.882. The number of nitrogen functional groups attached to an aromatic ring is 1. The van der Waals surface area contributed by atoms with Crippen LogP contribution in [0.15, 0.2) is 6.33 Å². The van der Waals surface area contributed by atoms with Gasteiger partial charge in [0.1, 0.15) is 23.5 Å². The zero-order valence-corrected chi connectivity index (χ0v) is 6.91. The Morgan fingerprint density at radius 2 is 2.42 bits per heavy atom. The van der Waals surface area contributed by atoms with Gasteiger partial charge in [0.25, 0.3) is 0 Å². The van der Waals surface area contributed by atoms with Gasteiger partial charge in [-0.25, -0.2) is 9.97 Å². The van der Waals surface area contributed by atoms with Crippen LogP contribution in [0.3, 0.4) is 0 Å². The van der Waals surface area contributed by atoms with Crippen LogP contribution in [0, 0.1) is 0 Å². The van der Waals surface area contributed by atoms with Crippen molar-refractivity contribution in [2.24, 2.45) is 0 Å². The molecule has 0 fully saturated rings. The number of aromatic nitrogens is 2. The number of nitrogens with zero attached hydrogens (tertiary/aromatic N) is 2. The van der Waals surface area contributed by atoms with Crippen molar-refractivity contribution in [1.29, 1.82) is 0 Å². The number of hydrogen-bond acceptors (Lipinski definition) is 4. The maximum Gasteiger partial charge on any atom is 0.174 e. The summed E-state index contributed by atoms with van der Waals surface area (Å²) in [4.78, 5) is 7.79. The molecule has 0 spiro atoms. The van der Waals surface area contributed by atoms with Crippen molar-refractivity contribution in [1.82, 2.24) is 9.97 Å². The Hall–Kier alpha value is -1.65. The Morgan fingerprint density at radius 3 is 3.00 bits per heavy atom. The first-order valence-corrected chi connectivity index (χ1v) is 3.68. The second kappa shape index (κ2) is 3.66. The third-order valence-electron chi connectivity index (χ3n) is 1.43. The van der Waals surface area contributed by atoms with Gasteiger partial charge in [-0.2, -0.15) is 0 Å². The molecule has 0 saturated carbocycles. The molecule has 0 saturated heterocycles. The predicted molar refractivity (Wildman–Crippen MR) is 47.7 cm³/mol. The lowest BCUT2D eigenvalue weighted by Crippen LogP contribution is -2.31. The maximum absolute atomic E-state index is 5.56. The van der Waals surface area contributed by atoms with Gasteiger partial charge in [0.05, 0.1) is 0 Å². The summed E-state index contributed by atoms with van der Waals surface area (Å²) >= 11 is 0. The fourth-order valence-electron chi connectivity index (χ4n) is 0.882. The highest BCUT2D eigenvalue weighted by Crippen LogP contribution is 2.12. The minimum absolute atomic E-state index is 0.392. The molecule has 1 aromatic rings. The van der Waals surface area contributed by atoms with E-state index in [0.717, 1.165) is 6.54 Å². The minimum Gasteiger partial charge on any atom is -0.383 e. The average molecular weight is 166 g/mol. The molecule has 1 aromatic heterocycles. The van der Waals surface area contributed by atoms with Crippen LogP contribution in [0.1, 0.15) is 12.5 Å². The zero-order valence-electron chi connectivity index (χ0n) is 6.91. The molecule has 0 bridgehead atoms. The number of nitrogens with two attached hydrogens (primary N) is 2. The standard InChI is InChI=1S/C7H11N5/c1-2-10-7-5(3-8)6(9)11-4-12-7/h3-4,8H,2H2,1H3,(H3,9,10,11,12)/p+1. The largest absolute Gasteiger partial charge is 0.383 e. The topological polar surface area (TPSA) is 89.4 Å². The summed E-state index contributed by atoms with van der Waals surface area (Å²) in [6, 6.07) is 0. The molecule has 0 atom stereocenters. The summed E-state index contributed by atoms with van der Waals surface area (Å²) in [5.74, 6) is 1.07. The fraction of sp³-hybridized carbons (Fsp3) is 0.286. The van der Waals surface area contributed by atoms with Crippen molar-refractivity contribution in [2.75, 3.05) is 17.6 Å². The molecular formula is C7H12N5+. The van der Waals surface area contributed by atoms with Crippen molar-refractivity contribution >= 4 is 17.9 Å². The quantitative estimate of drug-likeness (QED) is 0.485. The van der Waals surface area contributed by atoms with Crippen molar-refractivity contribution in [3.63, 3.8) is 0 Å². The van der Waals surface area contributed by atoms with Gasteiger partial charge in [-0.15, -0.1) is 0 Å². The van der Waals surface area contributed by atoms with Gasteiger partial charge < -0.3 is 11.1 Å². The van der Waals surface area contributed by atoms with E-state index in [9.17, 15) is 0 Å². The van der Waals surface area contributed by atoms with Crippen LogP contribution in [-0.2, 0) is 0 Å². The lowest BCUT2D eigenvalue weighted by atomic mass is 10.3. The molecule has 12 heavy (non-hydrogen) atoms. The highest BCUT2D eigenvalue weighted by Gasteiger charge is 2.06. The molecule has 5 heteroatoms. The SMILES string of the molecule is CCNc1ncnc(N)c1C=[NH2+]. The molecule has 0 unspecified atom stereocenters. The molecule has 1 heterocycles. The first-order chi connectivity index (χ1) is 5.79. The average Bonchev–Trinajstić information content (AvgIpc) is 2.05. The van der Waals surface area contributed by atoms with Crippen LogP contribution in [-0.4, -0.2) is 22.7 Å². The molecular weight excluding hydrogens is 154 g/mol. The van der Waals surface area contributed by atoms with Crippen molar-refractivity contribution in [3.05, 3.63) is 11.9 Å². The van der Waals surface area contributed by atoms with E-state index in [1.165, 1.54) is 12.5 Å². The number of anilines is 2. The third-order valence-corrected chi connectivity index (χ3v) is 1.43. The molecule has 64 valence electrons. The zero-order chi connectivity index (χ0) is 8.97. The Morgan fingerprint density at radius 1 is 1.67 bits per heavy atom. The van der Waals surface area contributed by atoms with Gasteiger partial charge in [-0.05, 0) is 6.92 Å². The molecule has 0 amide bonds. The van der Waals surface area contributed by atoms with Crippen LogP contribution < -0.4 is 16.5 Å². The normalized spacial score (nSPS) is 9.42. The lowest BCUT2D eigenvalue weighted by molar-refractivity contribution is -0.104. The molecule has 0 aliphatic heterocycles. The number of nitrogens with one attached hydrogen (secondary N) is 1. The van der Waals surface area contributed by atoms with Gasteiger partial charge in [0.2, 0.25) is 0 Å². The highest BCUT2D eigenvalue weighted by atomic mass is 15.0. The monoisotopic (exact) mass is 166 g/mol. The Balaban J connectivity index is 3.09. The van der Waals surface area contributed by atoms with E-state index in [-0.39, 0.29) is 0 Å². The maximum atomic E-state index is 5.56. The predicted octanol–water partition coefficient (Wildman–Crippen LogP) is -1.33. The van der Waals surface area contributed by atoms with E-state index in [4.69, 9.17) is 11.1 Å². The van der Waals surface area contributed by atoms with E-state index in [1.807, 2.05) is 6.92 Å². The molecule has 0 radical (unpaired) electrons. The molecule has 0 aliphatic rings. The third kappa shape index (κ3) is 1.50. The van der Waals surface area contributed by atoms with Crippen molar-refractivity contribution in [2.45, 2.75) is 6.92 Å². The Labute approximate surface area is 70.5 Å². The second-order valence-electron chi connectivity index (χ2n) is 2.22. The Bertz CT molecular complexity index is 283. The second-order valence-corrected chi connectivity index (χ2v) is 2.22. The van der Waals surface area contributed by atoms with Crippen LogP contribution >= 0.6 is 0 Å². The summed E-state index contributed by atoms with van der Waals surface area (Å²) in [5, 5.41) is 8.38. The van der Waals surface area contributed by atoms with Crippen LogP contribution in [0.2, 0.25) is 0 Å². The van der Waals surface area contributed by atoms with Gasteiger partial charge in [0.15, 0.2) is 6.21 Å². The van der Waals surface area contributed by atoms with Crippen LogP contribution in [0.4, 0.5) is 11.6 Å². The lowest BCUT2D eigenvalue weighted by Gasteiger charge is -2.04. The van der Waals surface area contributed by atoms with Crippen LogP contribution in [0.5, 0.6) is 0 Å². The minimum atomic E-state index is 0.392. The summed E-state index contributed by atoms with van der Waals surface area (Å²) in [5.41, 5.74) is 6.21. The first kappa shape index (κ1) is 8.45. The number of hydrogen-bond donors (Lipinski definition) is 3. The molecule has 5 nitrogen and oxygen atoms in total. The molecule has 5 N–H and O–H groups in total. The highest BCUT2D eigenvalue weighted by molar-refractivity contribution is 5.88. The molecule has 0 aliphatic carbocycles. The van der Waals surface area contributed by atoms with E-state index >= 15 is 0 Å². The van der Waals surface area contributed by atoms with E-state index in [1.54, 1.807) is 0 Å². The smallest absolute Gasteiger partial charge is 0.174 e. The van der Waals surface area contributed by atoms with Gasteiger partial charge in [0, 0.05) is 6.54 Å². The van der Waals surface area contributed by atoms with E-state index < -0.39 is 0 Å². The van der Waals surface area contributed by atoms with Crippen molar-refractivity contribution < 1.29 is 5.41 Å². The Kier molecular flexibility index (Phi) is 2.57. The van der Waals surface area contributed by atoms with Crippen LogP contribution in [0.25, 0.3) is 0 Å².